The Hall–Kier alpha value is -3.91. The third-order valence-electron chi connectivity index (χ3n) is 9.55. The van der Waals surface area contributed by atoms with Gasteiger partial charge in [0.15, 0.2) is 11.6 Å². The summed E-state index contributed by atoms with van der Waals surface area (Å²) in [7, 11) is 0. The molecule has 4 unspecified atom stereocenters. The third-order valence-corrected chi connectivity index (χ3v) is 9.55. The van der Waals surface area contributed by atoms with E-state index in [1.807, 2.05) is 13.0 Å². The number of likely N-dealkylation sites (tertiary alicyclic amines) is 1. The number of aromatic hydroxyl groups is 1. The van der Waals surface area contributed by atoms with Gasteiger partial charge in [0.2, 0.25) is 0 Å². The van der Waals surface area contributed by atoms with Crippen molar-refractivity contribution in [3.05, 3.63) is 70.0 Å². The van der Waals surface area contributed by atoms with Gasteiger partial charge in [0.05, 0.1) is 11.5 Å². The normalized spacial score (nSPS) is 28.4. The van der Waals surface area contributed by atoms with Crippen LogP contribution in [0.25, 0.3) is 16.9 Å². The number of ketones is 2. The summed E-state index contributed by atoms with van der Waals surface area (Å²) in [6, 6.07) is 11.7. The van der Waals surface area contributed by atoms with Crippen molar-refractivity contribution in [2.45, 2.75) is 46.1 Å². The highest BCUT2D eigenvalue weighted by molar-refractivity contribution is 6.28. The number of nitrogens with two attached hydrogens (primary N) is 1. The Morgan fingerprint density at radius 1 is 1.02 bits per heavy atom. The predicted octanol–water partition coefficient (Wildman–Crippen LogP) is 4.21. The van der Waals surface area contributed by atoms with Crippen molar-refractivity contribution >= 4 is 23.2 Å². The van der Waals surface area contributed by atoms with Gasteiger partial charge in [-0.05, 0) is 73.0 Å². The van der Waals surface area contributed by atoms with E-state index in [-0.39, 0.29) is 28.4 Å². The van der Waals surface area contributed by atoms with Gasteiger partial charge in [0.1, 0.15) is 22.8 Å². The van der Waals surface area contributed by atoms with E-state index in [0.29, 0.717) is 12.8 Å². The number of aliphatic hydroxyl groups is 2. The molecule has 40 heavy (non-hydrogen) atoms. The Morgan fingerprint density at radius 2 is 1.70 bits per heavy atom. The van der Waals surface area contributed by atoms with Gasteiger partial charge < -0.3 is 21.1 Å². The highest BCUT2D eigenvalue weighted by atomic mass is 16.3. The average molecular weight is 543 g/mol. The topological polar surface area (TPSA) is 141 Å². The molecule has 0 aromatic heterocycles. The minimum Gasteiger partial charge on any atom is -0.511 e. The van der Waals surface area contributed by atoms with Crippen LogP contribution in [-0.2, 0) is 27.3 Å². The summed E-state index contributed by atoms with van der Waals surface area (Å²) < 4.78 is 0. The number of fused-ring (bicyclic) bond motifs is 3. The lowest BCUT2D eigenvalue weighted by molar-refractivity contribution is -0.137. The van der Waals surface area contributed by atoms with Crippen molar-refractivity contribution in [2.24, 2.45) is 28.9 Å². The van der Waals surface area contributed by atoms with Gasteiger partial charge in [-0.1, -0.05) is 44.2 Å². The monoisotopic (exact) mass is 542 g/mol. The predicted molar refractivity (Wildman–Crippen MR) is 149 cm³/mol. The summed E-state index contributed by atoms with van der Waals surface area (Å²) in [6.45, 7) is 6.69. The maximum absolute atomic E-state index is 13.9. The molecular formula is C32H34N2O6. The van der Waals surface area contributed by atoms with Crippen molar-refractivity contribution in [3.8, 4) is 16.9 Å². The molecule has 1 amide bonds. The number of benzene rings is 2. The second kappa shape index (κ2) is 9.34. The molecule has 2 aromatic carbocycles. The highest BCUT2D eigenvalue weighted by Crippen LogP contribution is 2.57. The second-order valence-corrected chi connectivity index (χ2v) is 12.1. The van der Waals surface area contributed by atoms with Crippen molar-refractivity contribution in [3.63, 3.8) is 0 Å². The SMILES string of the molecule is CC1C(O)=C(C(N)=O)C(=O)C2C(=O)C3=C(O)c4c(O)ccc(-c5ccc(CN6CCCC6)cc5)c4CC3(C)CC12. The third kappa shape index (κ3) is 3.88. The number of phenolic OH excluding ortho intramolecular Hbond substituents is 1. The molecule has 5 N–H and O–H groups in total. The fourth-order valence-electron chi connectivity index (χ4n) is 7.55. The molecule has 0 spiro atoms. The number of hydrogen-bond acceptors (Lipinski definition) is 7. The smallest absolute Gasteiger partial charge is 0.255 e. The number of carbonyl (C=O) groups excluding carboxylic acids is 3. The van der Waals surface area contributed by atoms with E-state index >= 15 is 0 Å². The lowest BCUT2D eigenvalue weighted by Gasteiger charge is -2.49. The number of carbonyl (C=O) groups is 3. The molecule has 0 radical (unpaired) electrons. The molecule has 4 atom stereocenters. The van der Waals surface area contributed by atoms with Gasteiger partial charge >= 0.3 is 0 Å². The summed E-state index contributed by atoms with van der Waals surface area (Å²) in [6.07, 6.45) is 3.14. The molecule has 3 aliphatic carbocycles. The van der Waals surface area contributed by atoms with Gasteiger partial charge in [-0.25, -0.2) is 0 Å². The summed E-state index contributed by atoms with van der Waals surface area (Å²) >= 11 is 0. The molecule has 6 rings (SSSR count). The van der Waals surface area contributed by atoms with Gasteiger partial charge in [0, 0.05) is 23.5 Å². The van der Waals surface area contributed by atoms with E-state index in [2.05, 4.69) is 29.2 Å². The summed E-state index contributed by atoms with van der Waals surface area (Å²) in [4.78, 5) is 41.6. The fraction of sp³-hybridized carbons (Fsp3) is 0.406. The number of phenols is 1. The highest BCUT2D eigenvalue weighted by Gasteiger charge is 2.58. The van der Waals surface area contributed by atoms with Gasteiger partial charge in [-0.15, -0.1) is 0 Å². The van der Waals surface area contributed by atoms with Crippen LogP contribution >= 0.6 is 0 Å². The van der Waals surface area contributed by atoms with Crippen molar-refractivity contribution in [1.29, 1.82) is 0 Å². The molecule has 8 heteroatoms. The number of nitrogens with zero attached hydrogens (tertiary/aromatic N) is 1. The zero-order valence-electron chi connectivity index (χ0n) is 22.7. The summed E-state index contributed by atoms with van der Waals surface area (Å²) in [5, 5.41) is 33.1. The summed E-state index contributed by atoms with van der Waals surface area (Å²) in [5.41, 5.74) is 8.01. The maximum Gasteiger partial charge on any atom is 0.255 e. The van der Waals surface area contributed by atoms with Crippen molar-refractivity contribution < 1.29 is 29.7 Å². The molecule has 0 bridgehead atoms. The van der Waals surface area contributed by atoms with Crippen LogP contribution in [-0.4, -0.2) is 50.8 Å². The quantitative estimate of drug-likeness (QED) is 0.335. The zero-order chi connectivity index (χ0) is 28.5. The van der Waals surface area contributed by atoms with Crippen molar-refractivity contribution in [2.75, 3.05) is 13.1 Å². The minimum absolute atomic E-state index is 0.0837. The zero-order valence-corrected chi connectivity index (χ0v) is 22.7. The van der Waals surface area contributed by atoms with Crippen LogP contribution in [0.4, 0.5) is 0 Å². The Bertz CT molecular complexity index is 1510. The number of allylic oxidation sites excluding steroid dienone is 2. The Balaban J connectivity index is 1.42. The van der Waals surface area contributed by atoms with E-state index in [1.165, 1.54) is 24.5 Å². The molecule has 1 saturated carbocycles. The van der Waals surface area contributed by atoms with Crippen LogP contribution in [0.2, 0.25) is 0 Å². The number of hydrogen-bond donors (Lipinski definition) is 4. The second-order valence-electron chi connectivity index (χ2n) is 12.1. The average Bonchev–Trinajstić information content (AvgIpc) is 3.40. The molecule has 1 heterocycles. The summed E-state index contributed by atoms with van der Waals surface area (Å²) in [5.74, 6) is -5.75. The van der Waals surface area contributed by atoms with Gasteiger partial charge in [0.25, 0.3) is 5.91 Å². The Morgan fingerprint density at radius 3 is 2.35 bits per heavy atom. The van der Waals surface area contributed by atoms with E-state index in [1.54, 1.807) is 6.92 Å². The van der Waals surface area contributed by atoms with E-state index in [4.69, 9.17) is 5.73 Å². The van der Waals surface area contributed by atoms with Gasteiger partial charge in [-0.2, -0.15) is 0 Å². The maximum atomic E-state index is 13.9. The van der Waals surface area contributed by atoms with E-state index in [9.17, 15) is 29.7 Å². The first-order valence-corrected chi connectivity index (χ1v) is 13.9. The number of aliphatic hydroxyl groups excluding tert-OH is 2. The molecule has 2 aromatic rings. The number of Topliss-reactive ketones (excluding diaryl/α,β-unsaturated/α-hetero) is 2. The first kappa shape index (κ1) is 26.3. The Kier molecular flexibility index (Phi) is 6.14. The van der Waals surface area contributed by atoms with E-state index < -0.39 is 46.2 Å². The number of rotatable bonds is 4. The van der Waals surface area contributed by atoms with Crippen LogP contribution in [0, 0.1) is 23.2 Å². The molecule has 2 fully saturated rings. The first-order valence-electron chi connectivity index (χ1n) is 13.9. The van der Waals surface area contributed by atoms with Crippen molar-refractivity contribution in [1.82, 2.24) is 4.90 Å². The van der Waals surface area contributed by atoms with Crippen LogP contribution in [0.1, 0.15) is 49.8 Å². The number of primary amides is 1. The van der Waals surface area contributed by atoms with Crippen LogP contribution < -0.4 is 5.73 Å². The molecular weight excluding hydrogens is 508 g/mol. The van der Waals surface area contributed by atoms with E-state index in [0.717, 1.165) is 36.3 Å². The standard InChI is InChI=1S/C32H34N2O6/c1-16-20-13-32(2)14-21-19(18-7-5-17(6-8-18)15-34-11-3-4-12-34)9-10-22(35)23(21)29(38)26(32)30(39)24(20)28(37)25(27(16)36)31(33)40/h5-10,16,20,24,35-36,38H,3-4,11-15H2,1-2H3,(H2,33,40). The lowest BCUT2D eigenvalue weighted by Crippen LogP contribution is -2.52. The van der Waals surface area contributed by atoms with Crippen LogP contribution in [0.5, 0.6) is 5.75 Å². The minimum atomic E-state index is -1.23. The number of amides is 1. The first-order chi connectivity index (χ1) is 19.0. The molecule has 208 valence electrons. The fourth-order valence-corrected chi connectivity index (χ4v) is 7.55. The Labute approximate surface area is 232 Å². The van der Waals surface area contributed by atoms with Crippen LogP contribution in [0.15, 0.2) is 53.3 Å². The molecule has 1 saturated heterocycles. The molecule has 8 nitrogen and oxygen atoms in total. The lowest BCUT2D eigenvalue weighted by atomic mass is 9.53. The molecule has 4 aliphatic rings. The largest absolute Gasteiger partial charge is 0.511 e. The van der Waals surface area contributed by atoms with Gasteiger partial charge in [-0.3, -0.25) is 19.3 Å². The molecule has 1 aliphatic heterocycles. The van der Waals surface area contributed by atoms with Crippen LogP contribution in [0.3, 0.4) is 0 Å².